The Labute approximate surface area is 129 Å². The van der Waals surface area contributed by atoms with E-state index in [1.54, 1.807) is 0 Å². The normalized spacial score (nSPS) is 11.4. The first-order valence-corrected chi connectivity index (χ1v) is 6.46. The number of nitrogens with zero attached hydrogens (tertiary/aromatic N) is 4. The van der Waals surface area contributed by atoms with Crippen LogP contribution in [0.1, 0.15) is 16.2 Å². The first-order chi connectivity index (χ1) is 10.6. The number of benzene rings is 1. The van der Waals surface area contributed by atoms with Crippen molar-refractivity contribution in [3.8, 4) is 0 Å². The van der Waals surface area contributed by atoms with Gasteiger partial charge in [0, 0.05) is 11.6 Å². The highest BCUT2D eigenvalue weighted by Crippen LogP contribution is 2.36. The number of primary amides is 1. The summed E-state index contributed by atoms with van der Waals surface area (Å²) in [5.41, 5.74) is 4.38. The van der Waals surface area contributed by atoms with Gasteiger partial charge in [-0.15, -0.1) is 10.2 Å². The molecule has 0 aliphatic rings. The average molecular weight is 348 g/mol. The van der Waals surface area contributed by atoms with Gasteiger partial charge in [0.25, 0.3) is 11.5 Å². The molecule has 2 aromatic rings. The zero-order valence-electron chi connectivity index (χ0n) is 10.9. The molecular weight excluding hydrogens is 341 g/mol. The number of aromatic nitrogens is 3. The lowest BCUT2D eigenvalue weighted by Gasteiger charge is -2.06. The summed E-state index contributed by atoms with van der Waals surface area (Å²) in [6.45, 7) is 0. The molecule has 1 aromatic carbocycles. The first-order valence-electron chi connectivity index (χ1n) is 5.65. The number of hydrogen-bond donors (Lipinski definition) is 2. The maximum absolute atomic E-state index is 12.6. The van der Waals surface area contributed by atoms with Gasteiger partial charge < -0.3 is 11.6 Å². The van der Waals surface area contributed by atoms with Crippen molar-refractivity contribution in [1.82, 2.24) is 14.9 Å². The van der Waals surface area contributed by atoms with E-state index >= 15 is 0 Å². The van der Waals surface area contributed by atoms with Crippen molar-refractivity contribution in [2.45, 2.75) is 16.2 Å². The molecule has 1 amide bonds. The molecule has 0 aliphatic carbocycles. The van der Waals surface area contributed by atoms with Gasteiger partial charge in [-0.2, -0.15) is 13.2 Å². The number of amides is 1. The van der Waals surface area contributed by atoms with Crippen molar-refractivity contribution in [2.24, 2.45) is 5.73 Å². The summed E-state index contributed by atoms with van der Waals surface area (Å²) in [5, 5.41) is 16.8. The number of carbonyl (C=O) groups is 1. The van der Waals surface area contributed by atoms with E-state index in [2.05, 4.69) is 10.2 Å². The second-order valence-electron chi connectivity index (χ2n) is 4.08. The molecule has 122 valence electrons. The van der Waals surface area contributed by atoms with Crippen molar-refractivity contribution >= 4 is 23.4 Å². The van der Waals surface area contributed by atoms with Crippen LogP contribution >= 0.6 is 11.8 Å². The van der Waals surface area contributed by atoms with Crippen LogP contribution in [-0.4, -0.2) is 25.7 Å². The topological polar surface area (TPSA) is 143 Å². The summed E-state index contributed by atoms with van der Waals surface area (Å²) in [6.07, 6.45) is -4.82. The third-order valence-electron chi connectivity index (χ3n) is 2.56. The Morgan fingerprint density at radius 2 is 2.00 bits per heavy atom. The third-order valence-corrected chi connectivity index (χ3v) is 3.59. The molecule has 0 radical (unpaired) electrons. The molecule has 9 nitrogen and oxygen atoms in total. The smallest absolute Gasteiger partial charge is 0.366 e. The molecule has 0 unspecified atom stereocenters. The number of nitro benzene ring substituents is 1. The Kier molecular flexibility index (Phi) is 4.14. The fraction of sp³-hybridized carbons (Fsp3) is 0.100. The van der Waals surface area contributed by atoms with Gasteiger partial charge in [-0.1, -0.05) is 0 Å². The van der Waals surface area contributed by atoms with Crippen LogP contribution in [0.4, 0.5) is 18.9 Å². The first kappa shape index (κ1) is 16.5. The third kappa shape index (κ3) is 3.33. The van der Waals surface area contributed by atoms with Crippen LogP contribution in [0, 0.1) is 10.1 Å². The van der Waals surface area contributed by atoms with Gasteiger partial charge in [0.2, 0.25) is 11.1 Å². The lowest BCUT2D eigenvalue weighted by atomic mass is 10.2. The highest BCUT2D eigenvalue weighted by Gasteiger charge is 2.38. The number of hydrogen-bond acceptors (Lipinski definition) is 7. The van der Waals surface area contributed by atoms with Gasteiger partial charge in [0.05, 0.1) is 9.82 Å². The number of nitrogens with two attached hydrogens (primary N) is 2. The molecule has 1 heterocycles. The average Bonchev–Trinajstić information content (AvgIpc) is 2.80. The maximum Gasteiger partial charge on any atom is 0.453 e. The summed E-state index contributed by atoms with van der Waals surface area (Å²) in [7, 11) is 0. The van der Waals surface area contributed by atoms with Crippen LogP contribution in [0.3, 0.4) is 0 Å². The van der Waals surface area contributed by atoms with E-state index in [4.69, 9.17) is 11.6 Å². The van der Waals surface area contributed by atoms with Crippen LogP contribution in [-0.2, 0) is 6.18 Å². The fourth-order valence-corrected chi connectivity index (χ4v) is 2.38. The summed E-state index contributed by atoms with van der Waals surface area (Å²) >= 11 is 0.497. The number of alkyl halides is 3. The molecule has 0 atom stereocenters. The summed E-state index contributed by atoms with van der Waals surface area (Å²) < 4.78 is 37.9. The zero-order valence-corrected chi connectivity index (χ0v) is 11.8. The maximum atomic E-state index is 12.6. The molecule has 2 rings (SSSR count). The number of nitrogen functional groups attached to an aromatic ring is 1. The Morgan fingerprint density at radius 3 is 2.48 bits per heavy atom. The largest absolute Gasteiger partial charge is 0.453 e. The molecular formula is C10H7F3N6O3S. The standard InChI is InChI=1S/C10H7F3N6O3S/c11-10(12,13)8-16-17-9(18(8)15)23-6-2-1-4(7(14)20)3-5(6)19(21)22/h1-3H,15H2,(H2,14,20). The van der Waals surface area contributed by atoms with Crippen LogP contribution < -0.4 is 11.6 Å². The van der Waals surface area contributed by atoms with Crippen LogP contribution in [0.15, 0.2) is 28.3 Å². The molecule has 4 N–H and O–H groups in total. The van der Waals surface area contributed by atoms with Crippen LogP contribution in [0.25, 0.3) is 0 Å². The van der Waals surface area contributed by atoms with E-state index in [1.807, 2.05) is 0 Å². The van der Waals surface area contributed by atoms with E-state index in [-0.39, 0.29) is 15.1 Å². The molecule has 0 fully saturated rings. The number of nitro groups is 1. The summed E-state index contributed by atoms with van der Waals surface area (Å²) in [5.74, 6) is 2.92. The van der Waals surface area contributed by atoms with E-state index in [1.165, 1.54) is 6.07 Å². The summed E-state index contributed by atoms with van der Waals surface area (Å²) in [4.78, 5) is 21.2. The fourth-order valence-electron chi connectivity index (χ4n) is 1.54. The lowest BCUT2D eigenvalue weighted by molar-refractivity contribution is -0.387. The van der Waals surface area contributed by atoms with E-state index < -0.39 is 33.7 Å². The Bertz CT molecular complexity index is 791. The number of halogens is 3. The van der Waals surface area contributed by atoms with Crippen molar-refractivity contribution in [2.75, 3.05) is 5.84 Å². The Balaban J connectivity index is 2.43. The summed E-state index contributed by atoms with van der Waals surface area (Å²) in [6, 6.07) is 3.26. The molecule has 13 heteroatoms. The van der Waals surface area contributed by atoms with Crippen molar-refractivity contribution < 1.29 is 22.9 Å². The predicted octanol–water partition coefficient (Wildman–Crippen LogP) is 1.17. The quantitative estimate of drug-likeness (QED) is 0.479. The SMILES string of the molecule is NC(=O)c1ccc(Sc2nnc(C(F)(F)F)n2N)c([N+](=O)[O-])c1. The second kappa shape index (κ2) is 5.75. The lowest BCUT2D eigenvalue weighted by Crippen LogP contribution is -2.21. The molecule has 1 aromatic heterocycles. The van der Waals surface area contributed by atoms with Crippen molar-refractivity contribution in [1.29, 1.82) is 0 Å². The van der Waals surface area contributed by atoms with Gasteiger partial charge in [-0.25, -0.2) is 4.68 Å². The monoisotopic (exact) mass is 348 g/mol. The van der Waals surface area contributed by atoms with Crippen LogP contribution in [0.5, 0.6) is 0 Å². The van der Waals surface area contributed by atoms with Gasteiger partial charge in [-0.05, 0) is 23.9 Å². The number of carbonyl (C=O) groups excluding carboxylic acids is 1. The highest BCUT2D eigenvalue weighted by molar-refractivity contribution is 7.99. The van der Waals surface area contributed by atoms with Gasteiger partial charge in [0.1, 0.15) is 0 Å². The van der Waals surface area contributed by atoms with Gasteiger partial charge in [0.15, 0.2) is 0 Å². The zero-order chi connectivity index (χ0) is 17.4. The number of rotatable bonds is 4. The molecule has 0 spiro atoms. The minimum Gasteiger partial charge on any atom is -0.366 e. The minimum absolute atomic E-state index is 0.0761. The van der Waals surface area contributed by atoms with E-state index in [0.29, 0.717) is 11.8 Å². The molecule has 0 saturated heterocycles. The van der Waals surface area contributed by atoms with Crippen molar-refractivity contribution in [3.05, 3.63) is 39.7 Å². The van der Waals surface area contributed by atoms with Crippen molar-refractivity contribution in [3.63, 3.8) is 0 Å². The van der Waals surface area contributed by atoms with E-state index in [0.717, 1.165) is 12.1 Å². The molecule has 23 heavy (non-hydrogen) atoms. The second-order valence-corrected chi connectivity index (χ2v) is 5.09. The van der Waals surface area contributed by atoms with E-state index in [9.17, 15) is 28.1 Å². The highest BCUT2D eigenvalue weighted by atomic mass is 32.2. The van der Waals surface area contributed by atoms with Crippen LogP contribution in [0.2, 0.25) is 0 Å². The Hall–Kier alpha value is -2.83. The molecule has 0 saturated carbocycles. The predicted molar refractivity (Wildman–Crippen MR) is 70.9 cm³/mol. The minimum atomic E-state index is -4.82. The Morgan fingerprint density at radius 1 is 1.35 bits per heavy atom. The molecule has 0 aliphatic heterocycles. The van der Waals surface area contributed by atoms with Gasteiger partial charge >= 0.3 is 6.18 Å². The van der Waals surface area contributed by atoms with Gasteiger partial charge in [-0.3, -0.25) is 14.9 Å². The molecule has 0 bridgehead atoms.